The SMILES string of the molecule is CC(C)(C)c1ccc2c(c1)c1cc(C(C)(C)C)ccc1n2-c1ccc2ccc3c(N(c4cc(-c5ccccc5)cc(-c5ccccc5)c4)c4ccccc4-c4ccccc4)ccc4ccc1c2c43. The second-order valence-electron chi connectivity index (χ2n) is 20.6. The van der Waals surface area contributed by atoms with Crippen LogP contribution in [0, 0.1) is 0 Å². The Morgan fingerprint density at radius 2 is 0.809 bits per heavy atom. The molecular weight excluding hydrogens is 821 g/mol. The molecule has 1 heterocycles. The molecule has 0 aliphatic carbocycles. The molecule has 11 aromatic carbocycles. The number of aromatic nitrogens is 1. The number of para-hydroxylation sites is 1. The molecule has 1 aromatic heterocycles. The van der Waals surface area contributed by atoms with Crippen molar-refractivity contribution in [3.05, 3.63) is 230 Å². The van der Waals surface area contributed by atoms with Crippen molar-refractivity contribution < 1.29 is 0 Å². The minimum absolute atomic E-state index is 0.0242. The van der Waals surface area contributed by atoms with Crippen LogP contribution >= 0.6 is 0 Å². The van der Waals surface area contributed by atoms with Gasteiger partial charge in [-0.25, -0.2) is 0 Å². The molecule has 0 spiro atoms. The zero-order valence-electron chi connectivity index (χ0n) is 39.7. The van der Waals surface area contributed by atoms with Gasteiger partial charge in [0, 0.05) is 32.8 Å². The highest BCUT2D eigenvalue weighted by Gasteiger charge is 2.25. The van der Waals surface area contributed by atoms with E-state index in [0.717, 1.165) is 17.1 Å². The predicted octanol–water partition coefficient (Wildman–Crippen LogP) is 18.7. The van der Waals surface area contributed by atoms with Crippen LogP contribution in [0.4, 0.5) is 17.1 Å². The molecule has 12 rings (SSSR count). The van der Waals surface area contributed by atoms with E-state index in [2.05, 4.69) is 269 Å². The summed E-state index contributed by atoms with van der Waals surface area (Å²) in [5.41, 5.74) is 16.8. The van der Waals surface area contributed by atoms with E-state index in [-0.39, 0.29) is 10.8 Å². The van der Waals surface area contributed by atoms with Gasteiger partial charge in [-0.15, -0.1) is 0 Å². The lowest BCUT2D eigenvalue weighted by molar-refractivity contribution is 0.590. The van der Waals surface area contributed by atoms with Crippen molar-refractivity contribution in [1.82, 2.24) is 4.57 Å². The van der Waals surface area contributed by atoms with Crippen LogP contribution in [0.5, 0.6) is 0 Å². The third kappa shape index (κ3) is 6.94. The molecule has 0 atom stereocenters. The number of fused-ring (bicyclic) bond motifs is 3. The fourth-order valence-electron chi connectivity index (χ4n) is 10.6. The minimum Gasteiger partial charge on any atom is -0.309 e. The van der Waals surface area contributed by atoms with Crippen LogP contribution in [0.3, 0.4) is 0 Å². The maximum Gasteiger partial charge on any atom is 0.0541 e. The maximum atomic E-state index is 2.53. The van der Waals surface area contributed by atoms with Crippen molar-refractivity contribution in [2.24, 2.45) is 0 Å². The molecule has 0 aliphatic rings. The Labute approximate surface area is 399 Å². The molecule has 0 amide bonds. The summed E-state index contributed by atoms with van der Waals surface area (Å²) in [6.07, 6.45) is 0. The van der Waals surface area contributed by atoms with E-state index >= 15 is 0 Å². The molecule has 0 saturated heterocycles. The molecular formula is C66H54N2. The van der Waals surface area contributed by atoms with Gasteiger partial charge in [-0.2, -0.15) is 0 Å². The first kappa shape index (κ1) is 41.5. The Balaban J connectivity index is 1.15. The molecule has 0 saturated carbocycles. The highest BCUT2D eigenvalue weighted by Crippen LogP contribution is 2.49. The minimum atomic E-state index is 0.0242. The quantitative estimate of drug-likeness (QED) is 0.145. The lowest BCUT2D eigenvalue weighted by Crippen LogP contribution is -2.12. The normalized spacial score (nSPS) is 12.3. The molecule has 0 radical (unpaired) electrons. The van der Waals surface area contributed by atoms with Gasteiger partial charge in [0.1, 0.15) is 0 Å². The van der Waals surface area contributed by atoms with Crippen LogP contribution in [0.15, 0.2) is 218 Å². The molecule has 0 unspecified atom stereocenters. The van der Waals surface area contributed by atoms with Gasteiger partial charge in [-0.3, -0.25) is 0 Å². The summed E-state index contributed by atoms with van der Waals surface area (Å²) < 4.78 is 2.53. The van der Waals surface area contributed by atoms with E-state index in [1.807, 2.05) is 0 Å². The Kier molecular flexibility index (Phi) is 9.67. The topological polar surface area (TPSA) is 8.17 Å². The Bertz CT molecular complexity index is 3720. The zero-order chi connectivity index (χ0) is 46.3. The van der Waals surface area contributed by atoms with Crippen molar-refractivity contribution in [1.29, 1.82) is 0 Å². The summed E-state index contributed by atoms with van der Waals surface area (Å²) >= 11 is 0. The fourth-order valence-corrected chi connectivity index (χ4v) is 10.6. The van der Waals surface area contributed by atoms with Crippen LogP contribution in [0.1, 0.15) is 52.7 Å². The molecule has 0 N–H and O–H groups in total. The molecule has 0 bridgehead atoms. The summed E-state index contributed by atoms with van der Waals surface area (Å²) in [6, 6.07) is 81.4. The van der Waals surface area contributed by atoms with Gasteiger partial charge in [0.2, 0.25) is 0 Å². The predicted molar refractivity (Wildman–Crippen MR) is 293 cm³/mol. The van der Waals surface area contributed by atoms with Crippen molar-refractivity contribution in [3.8, 4) is 39.1 Å². The number of nitrogens with zero attached hydrogens (tertiary/aromatic N) is 2. The Morgan fingerprint density at radius 3 is 1.37 bits per heavy atom. The van der Waals surface area contributed by atoms with E-state index in [9.17, 15) is 0 Å². The van der Waals surface area contributed by atoms with E-state index in [4.69, 9.17) is 0 Å². The van der Waals surface area contributed by atoms with Gasteiger partial charge in [0.05, 0.1) is 28.1 Å². The van der Waals surface area contributed by atoms with Crippen LogP contribution in [0.2, 0.25) is 0 Å². The number of benzene rings is 11. The molecule has 0 fully saturated rings. The van der Waals surface area contributed by atoms with Crippen LogP contribution in [-0.4, -0.2) is 4.57 Å². The van der Waals surface area contributed by atoms with E-state index < -0.39 is 0 Å². The summed E-state index contributed by atoms with van der Waals surface area (Å²) in [5, 5.41) is 10.1. The van der Waals surface area contributed by atoms with Crippen molar-refractivity contribution in [2.75, 3.05) is 4.90 Å². The van der Waals surface area contributed by atoms with E-state index in [1.165, 1.54) is 104 Å². The first-order valence-corrected chi connectivity index (χ1v) is 24.0. The third-order valence-corrected chi connectivity index (χ3v) is 14.2. The monoisotopic (exact) mass is 874 g/mol. The molecule has 2 heteroatoms. The zero-order valence-corrected chi connectivity index (χ0v) is 39.7. The summed E-state index contributed by atoms with van der Waals surface area (Å²) in [5.74, 6) is 0. The van der Waals surface area contributed by atoms with Gasteiger partial charge in [0.15, 0.2) is 0 Å². The number of rotatable bonds is 7. The molecule has 0 aliphatic heterocycles. The largest absolute Gasteiger partial charge is 0.309 e. The number of anilines is 3. The van der Waals surface area contributed by atoms with Gasteiger partial charge in [-0.1, -0.05) is 199 Å². The Morgan fingerprint density at radius 1 is 0.338 bits per heavy atom. The van der Waals surface area contributed by atoms with Crippen molar-refractivity contribution >= 4 is 71.2 Å². The van der Waals surface area contributed by atoms with Crippen molar-refractivity contribution in [3.63, 3.8) is 0 Å². The average molecular weight is 875 g/mol. The molecule has 328 valence electrons. The van der Waals surface area contributed by atoms with Gasteiger partial charge < -0.3 is 9.47 Å². The van der Waals surface area contributed by atoms with Crippen LogP contribution in [0.25, 0.3) is 93.2 Å². The lowest BCUT2D eigenvalue weighted by Gasteiger charge is -2.30. The van der Waals surface area contributed by atoms with E-state index in [0.29, 0.717) is 0 Å². The molecule has 2 nitrogen and oxygen atoms in total. The number of hydrogen-bond donors (Lipinski definition) is 0. The summed E-state index contributed by atoms with van der Waals surface area (Å²) in [4.78, 5) is 2.51. The highest BCUT2D eigenvalue weighted by molar-refractivity contribution is 6.27. The first-order chi connectivity index (χ1) is 33.0. The maximum absolute atomic E-state index is 2.53. The lowest BCUT2D eigenvalue weighted by atomic mass is 9.85. The van der Waals surface area contributed by atoms with Crippen LogP contribution in [-0.2, 0) is 10.8 Å². The third-order valence-electron chi connectivity index (χ3n) is 14.2. The second kappa shape index (κ2) is 15.9. The van der Waals surface area contributed by atoms with E-state index in [1.54, 1.807) is 0 Å². The Hall–Kier alpha value is -7.94. The van der Waals surface area contributed by atoms with Gasteiger partial charge in [0.25, 0.3) is 0 Å². The fraction of sp³-hybridized carbons (Fsp3) is 0.121. The van der Waals surface area contributed by atoms with Crippen LogP contribution < -0.4 is 4.90 Å². The standard InChI is InChI=1S/C66H54N2/c1-65(2,3)50-30-36-61-56(41-50)57-42-51(66(4,5)6)31-37-62(57)68(61)60-35-29-47-26-32-54-59(34-28-46-27-33-55(60)64(47)63(46)54)67(58-25-17-16-24-53(58)45-22-14-9-15-23-45)52-39-48(43-18-10-7-11-19-43)38-49(40-52)44-20-12-8-13-21-44/h7-42H,1-6H3. The highest BCUT2D eigenvalue weighted by atomic mass is 15.1. The smallest absolute Gasteiger partial charge is 0.0541 e. The summed E-state index contributed by atoms with van der Waals surface area (Å²) in [6.45, 7) is 13.9. The average Bonchev–Trinajstić information content (AvgIpc) is 3.69. The summed E-state index contributed by atoms with van der Waals surface area (Å²) in [7, 11) is 0. The van der Waals surface area contributed by atoms with Gasteiger partial charge in [-0.05, 0) is 132 Å². The number of hydrogen-bond acceptors (Lipinski definition) is 1. The second-order valence-corrected chi connectivity index (χ2v) is 20.6. The van der Waals surface area contributed by atoms with Crippen molar-refractivity contribution in [2.45, 2.75) is 52.4 Å². The molecule has 68 heavy (non-hydrogen) atoms. The molecule has 12 aromatic rings. The first-order valence-electron chi connectivity index (χ1n) is 24.0. The van der Waals surface area contributed by atoms with Gasteiger partial charge >= 0.3 is 0 Å².